The summed E-state index contributed by atoms with van der Waals surface area (Å²) in [5.41, 5.74) is 7.36. The topological polar surface area (TPSA) is 96.2 Å². The molecule has 0 amide bonds. The van der Waals surface area contributed by atoms with Crippen molar-refractivity contribution in [1.82, 2.24) is 9.97 Å². The first kappa shape index (κ1) is 17.4. The Kier molecular flexibility index (Phi) is 4.79. The van der Waals surface area contributed by atoms with E-state index >= 15 is 0 Å². The van der Waals surface area contributed by atoms with E-state index in [9.17, 15) is 10.1 Å². The highest BCUT2D eigenvalue weighted by Crippen LogP contribution is 2.17. The van der Waals surface area contributed by atoms with E-state index in [1.807, 2.05) is 54.6 Å². The zero-order chi connectivity index (χ0) is 19.3. The van der Waals surface area contributed by atoms with Gasteiger partial charge in [-0.15, -0.1) is 0 Å². The maximum Gasteiger partial charge on any atom is 0.269 e. The van der Waals surface area contributed by atoms with Crippen LogP contribution in [0.15, 0.2) is 84.0 Å². The lowest BCUT2D eigenvalue weighted by Gasteiger charge is -2.07. The largest absolute Gasteiger partial charge is 0.342 e. The van der Waals surface area contributed by atoms with E-state index in [-0.39, 0.29) is 5.69 Å². The third kappa shape index (κ3) is 3.88. The molecular formula is C21H17N5O2. The monoisotopic (exact) mass is 371 g/mol. The number of nitrogens with zero attached hydrogens (tertiary/aromatic N) is 3. The zero-order valence-electron chi connectivity index (χ0n) is 14.9. The summed E-state index contributed by atoms with van der Waals surface area (Å²) in [6.45, 7) is 0. The molecular weight excluding hydrogens is 354 g/mol. The molecule has 0 radical (unpaired) electrons. The first-order valence-corrected chi connectivity index (χ1v) is 8.75. The maximum atomic E-state index is 10.8. The molecule has 0 spiro atoms. The molecule has 0 aliphatic rings. The van der Waals surface area contributed by atoms with Crippen LogP contribution in [0.5, 0.6) is 0 Å². The smallest absolute Gasteiger partial charge is 0.269 e. The fourth-order valence-electron chi connectivity index (χ4n) is 2.87. The van der Waals surface area contributed by atoms with Crippen molar-refractivity contribution < 1.29 is 4.92 Å². The molecule has 3 aromatic carbocycles. The highest BCUT2D eigenvalue weighted by Gasteiger charge is 2.10. The molecule has 7 heteroatoms. The van der Waals surface area contributed by atoms with Gasteiger partial charge < -0.3 is 4.98 Å². The molecule has 0 aliphatic carbocycles. The second-order valence-electron chi connectivity index (χ2n) is 6.22. The van der Waals surface area contributed by atoms with E-state index in [0.717, 1.165) is 28.1 Å². The average molecular weight is 371 g/mol. The van der Waals surface area contributed by atoms with Gasteiger partial charge in [-0.3, -0.25) is 15.5 Å². The number of hydrazone groups is 1. The Balaban J connectivity index is 1.61. The van der Waals surface area contributed by atoms with Gasteiger partial charge in [0, 0.05) is 12.1 Å². The standard InChI is InChI=1S/C21H17N5O2/c27-26(28)17-12-10-16(11-13-17)24-25-20(15-6-2-1-3-7-15)14-21-22-18-8-4-5-9-19(18)23-21/h1-13,24H,14H2,(H,22,23)/b25-20+. The summed E-state index contributed by atoms with van der Waals surface area (Å²) in [6, 6.07) is 23.8. The summed E-state index contributed by atoms with van der Waals surface area (Å²) >= 11 is 0. The molecule has 7 nitrogen and oxygen atoms in total. The maximum absolute atomic E-state index is 10.8. The van der Waals surface area contributed by atoms with Gasteiger partial charge in [0.1, 0.15) is 5.82 Å². The van der Waals surface area contributed by atoms with Crippen LogP contribution in [0, 0.1) is 10.1 Å². The lowest BCUT2D eigenvalue weighted by molar-refractivity contribution is -0.384. The van der Waals surface area contributed by atoms with Gasteiger partial charge in [-0.05, 0) is 29.8 Å². The summed E-state index contributed by atoms with van der Waals surface area (Å²) < 4.78 is 0. The van der Waals surface area contributed by atoms with E-state index in [2.05, 4.69) is 20.5 Å². The van der Waals surface area contributed by atoms with Gasteiger partial charge in [0.15, 0.2) is 0 Å². The number of para-hydroxylation sites is 2. The minimum Gasteiger partial charge on any atom is -0.342 e. The van der Waals surface area contributed by atoms with Crippen LogP contribution >= 0.6 is 0 Å². The molecule has 0 saturated heterocycles. The number of nitro benzene ring substituents is 1. The number of H-pyrrole nitrogens is 1. The average Bonchev–Trinajstić information content (AvgIpc) is 3.14. The van der Waals surface area contributed by atoms with Crippen molar-refractivity contribution in [3.63, 3.8) is 0 Å². The highest BCUT2D eigenvalue weighted by molar-refractivity contribution is 6.02. The van der Waals surface area contributed by atoms with Crippen molar-refractivity contribution in [3.05, 3.63) is 100 Å². The molecule has 0 fully saturated rings. The molecule has 138 valence electrons. The summed E-state index contributed by atoms with van der Waals surface area (Å²) in [7, 11) is 0. The van der Waals surface area contributed by atoms with Gasteiger partial charge >= 0.3 is 0 Å². The normalized spacial score (nSPS) is 11.5. The zero-order valence-corrected chi connectivity index (χ0v) is 14.9. The Hall–Kier alpha value is -4.00. The quantitative estimate of drug-likeness (QED) is 0.296. The SMILES string of the molecule is O=[N+]([O-])c1ccc(N/N=C(\Cc2nc3ccccc3[nH]2)c2ccccc2)cc1. The molecule has 0 unspecified atom stereocenters. The van der Waals surface area contributed by atoms with E-state index < -0.39 is 4.92 Å². The number of anilines is 1. The Morgan fingerprint density at radius 3 is 2.43 bits per heavy atom. The summed E-state index contributed by atoms with van der Waals surface area (Å²) in [4.78, 5) is 18.3. The van der Waals surface area contributed by atoms with Crippen LogP contribution in [0.4, 0.5) is 11.4 Å². The lowest BCUT2D eigenvalue weighted by Crippen LogP contribution is -2.09. The molecule has 0 aliphatic heterocycles. The van der Waals surface area contributed by atoms with Crippen LogP contribution < -0.4 is 5.43 Å². The van der Waals surface area contributed by atoms with Crippen molar-refractivity contribution in [1.29, 1.82) is 0 Å². The number of rotatable bonds is 6. The van der Waals surface area contributed by atoms with E-state index in [0.29, 0.717) is 12.1 Å². The van der Waals surface area contributed by atoms with Crippen LogP contribution in [0.25, 0.3) is 11.0 Å². The molecule has 0 atom stereocenters. The van der Waals surface area contributed by atoms with Gasteiger partial charge in [-0.1, -0.05) is 42.5 Å². The third-order valence-electron chi connectivity index (χ3n) is 4.28. The Morgan fingerprint density at radius 2 is 1.71 bits per heavy atom. The molecule has 4 rings (SSSR count). The lowest BCUT2D eigenvalue weighted by atomic mass is 10.1. The number of nitro groups is 1. The number of hydrogen-bond acceptors (Lipinski definition) is 5. The van der Waals surface area contributed by atoms with E-state index in [1.165, 1.54) is 12.1 Å². The molecule has 0 saturated carbocycles. The molecule has 0 bridgehead atoms. The summed E-state index contributed by atoms with van der Waals surface area (Å²) in [6.07, 6.45) is 0.513. The van der Waals surface area contributed by atoms with E-state index in [4.69, 9.17) is 0 Å². The van der Waals surface area contributed by atoms with Crippen molar-refractivity contribution in [2.45, 2.75) is 6.42 Å². The fraction of sp³-hybridized carbons (Fsp3) is 0.0476. The summed E-state index contributed by atoms with van der Waals surface area (Å²) in [5, 5.41) is 15.3. The molecule has 28 heavy (non-hydrogen) atoms. The number of benzene rings is 3. The van der Waals surface area contributed by atoms with Crippen molar-refractivity contribution >= 4 is 28.1 Å². The van der Waals surface area contributed by atoms with Gasteiger partial charge in [0.2, 0.25) is 0 Å². The van der Waals surface area contributed by atoms with Gasteiger partial charge in [0.05, 0.1) is 33.8 Å². The second-order valence-corrected chi connectivity index (χ2v) is 6.22. The Labute approximate surface area is 160 Å². The molecule has 2 N–H and O–H groups in total. The van der Waals surface area contributed by atoms with E-state index in [1.54, 1.807) is 12.1 Å². The van der Waals surface area contributed by atoms with Gasteiger partial charge in [-0.2, -0.15) is 5.10 Å². The predicted octanol–water partition coefficient (Wildman–Crippen LogP) is 4.53. The number of non-ortho nitro benzene ring substituents is 1. The second kappa shape index (κ2) is 7.71. The van der Waals surface area contributed by atoms with Gasteiger partial charge in [-0.25, -0.2) is 4.98 Å². The number of imidazole rings is 1. The number of nitrogens with one attached hydrogen (secondary N) is 2. The first-order valence-electron chi connectivity index (χ1n) is 8.75. The fourth-order valence-corrected chi connectivity index (χ4v) is 2.87. The minimum atomic E-state index is -0.427. The first-order chi connectivity index (χ1) is 13.7. The highest BCUT2D eigenvalue weighted by atomic mass is 16.6. The number of fused-ring (bicyclic) bond motifs is 1. The number of aromatic nitrogens is 2. The Morgan fingerprint density at radius 1 is 1.00 bits per heavy atom. The van der Waals surface area contributed by atoms with Crippen LogP contribution in [-0.4, -0.2) is 20.6 Å². The Bertz CT molecular complexity index is 1100. The molecule has 1 aromatic heterocycles. The van der Waals surface area contributed by atoms with Crippen molar-refractivity contribution in [2.24, 2.45) is 5.10 Å². The molecule has 1 heterocycles. The van der Waals surface area contributed by atoms with Crippen molar-refractivity contribution in [3.8, 4) is 0 Å². The third-order valence-corrected chi connectivity index (χ3v) is 4.28. The predicted molar refractivity (Wildman–Crippen MR) is 109 cm³/mol. The van der Waals surface area contributed by atoms with Gasteiger partial charge in [0.25, 0.3) is 5.69 Å². The van der Waals surface area contributed by atoms with Crippen LogP contribution in [0.1, 0.15) is 11.4 Å². The van der Waals surface area contributed by atoms with Crippen LogP contribution in [-0.2, 0) is 6.42 Å². The van der Waals surface area contributed by atoms with Crippen LogP contribution in [0.3, 0.4) is 0 Å². The summed E-state index contributed by atoms with van der Waals surface area (Å²) in [5.74, 6) is 0.814. The number of aromatic amines is 1. The van der Waals surface area contributed by atoms with Crippen LogP contribution in [0.2, 0.25) is 0 Å². The molecule has 4 aromatic rings. The minimum absolute atomic E-state index is 0.0417. The van der Waals surface area contributed by atoms with Crippen molar-refractivity contribution in [2.75, 3.05) is 5.43 Å². The number of hydrogen-bond donors (Lipinski definition) is 2.